The molecule has 0 unspecified atom stereocenters. The number of nitrogens with zero attached hydrogens (tertiary/aromatic N) is 2. The Balaban J connectivity index is 1.71. The minimum atomic E-state index is 0.912. The summed E-state index contributed by atoms with van der Waals surface area (Å²) in [6.45, 7) is 2.24. The Hall–Kier alpha value is -4.18. The maximum atomic E-state index is 4.85. The number of nitrogens with one attached hydrogen (secondary N) is 2. The predicted molar refractivity (Wildman–Crippen MR) is 143 cm³/mol. The van der Waals surface area contributed by atoms with Gasteiger partial charge in [-0.15, -0.1) is 0 Å². The van der Waals surface area contributed by atoms with Gasteiger partial charge in [0.1, 0.15) is 0 Å². The zero-order valence-electron chi connectivity index (χ0n) is 19.2. The third-order valence-electron chi connectivity index (χ3n) is 6.30. The van der Waals surface area contributed by atoms with Crippen LogP contribution in [0.3, 0.4) is 0 Å². The van der Waals surface area contributed by atoms with Gasteiger partial charge in [-0.05, 0) is 84.7 Å². The van der Waals surface area contributed by atoms with E-state index >= 15 is 0 Å². The highest BCUT2D eigenvalue weighted by Gasteiger charge is 2.14. The number of aromatic nitrogens is 4. The molecule has 4 aromatic rings. The quantitative estimate of drug-likeness (QED) is 0.294. The van der Waals surface area contributed by atoms with Crippen molar-refractivity contribution in [2.24, 2.45) is 0 Å². The molecular weight excluding hydrogens is 416 g/mol. The van der Waals surface area contributed by atoms with E-state index in [1.165, 1.54) is 16.7 Å². The normalized spacial score (nSPS) is 12.4. The van der Waals surface area contributed by atoms with Crippen molar-refractivity contribution in [2.45, 2.75) is 26.2 Å². The zero-order chi connectivity index (χ0) is 22.9. The molecule has 2 aliphatic rings. The molecule has 0 saturated carbocycles. The van der Waals surface area contributed by atoms with Gasteiger partial charge in [-0.3, -0.25) is 0 Å². The number of aryl methyl sites for hydroxylation is 1. The smallest absolute Gasteiger partial charge is 0.0659 e. The molecule has 1 aromatic carbocycles. The van der Waals surface area contributed by atoms with Gasteiger partial charge < -0.3 is 9.97 Å². The van der Waals surface area contributed by atoms with Crippen molar-refractivity contribution in [2.75, 3.05) is 0 Å². The molecular formula is C30H26N4. The molecule has 0 radical (unpaired) electrons. The van der Waals surface area contributed by atoms with E-state index < -0.39 is 0 Å². The molecule has 3 aromatic heterocycles. The number of aromatic amines is 2. The highest BCUT2D eigenvalue weighted by atomic mass is 14.8. The van der Waals surface area contributed by atoms with Gasteiger partial charge in [-0.2, -0.15) is 0 Å². The molecule has 0 fully saturated rings. The maximum Gasteiger partial charge on any atom is 0.0659 e. The highest BCUT2D eigenvalue weighted by molar-refractivity contribution is 5.92. The third kappa shape index (κ3) is 3.99. The molecule has 8 bridgehead atoms. The first-order valence-electron chi connectivity index (χ1n) is 11.9. The number of H-pyrrole nitrogens is 2. The first-order chi connectivity index (χ1) is 16.7. The van der Waals surface area contributed by atoms with Crippen molar-refractivity contribution in [3.05, 3.63) is 95.1 Å². The lowest BCUT2D eigenvalue weighted by molar-refractivity contribution is 0.800. The van der Waals surface area contributed by atoms with Gasteiger partial charge >= 0.3 is 0 Å². The number of hydrogen-bond acceptors (Lipinski definition) is 2. The lowest BCUT2D eigenvalue weighted by Crippen LogP contribution is -1.87. The van der Waals surface area contributed by atoms with Crippen LogP contribution in [0.25, 0.3) is 57.5 Å². The van der Waals surface area contributed by atoms with Crippen molar-refractivity contribution in [3.8, 4) is 11.1 Å². The van der Waals surface area contributed by atoms with Gasteiger partial charge in [-0.1, -0.05) is 43.7 Å². The minimum absolute atomic E-state index is 0.912. The average Bonchev–Trinajstić information content (AvgIpc) is 3.63. The van der Waals surface area contributed by atoms with Gasteiger partial charge in [0.25, 0.3) is 0 Å². The van der Waals surface area contributed by atoms with Gasteiger partial charge in [0.05, 0.1) is 22.8 Å². The number of benzene rings is 1. The van der Waals surface area contributed by atoms with E-state index in [2.05, 4.69) is 89.7 Å². The lowest BCUT2D eigenvalue weighted by atomic mass is 9.98. The Morgan fingerprint density at radius 1 is 0.647 bits per heavy atom. The third-order valence-corrected chi connectivity index (χ3v) is 6.30. The summed E-state index contributed by atoms with van der Waals surface area (Å²) in [4.78, 5) is 16.8. The van der Waals surface area contributed by atoms with E-state index in [9.17, 15) is 0 Å². The van der Waals surface area contributed by atoms with Crippen molar-refractivity contribution in [1.82, 2.24) is 19.9 Å². The van der Waals surface area contributed by atoms with Crippen LogP contribution in [0.2, 0.25) is 0 Å². The van der Waals surface area contributed by atoms with Gasteiger partial charge in [-0.25, -0.2) is 9.97 Å². The summed E-state index contributed by atoms with van der Waals surface area (Å²) in [5.74, 6) is 0. The van der Waals surface area contributed by atoms with Crippen molar-refractivity contribution in [1.29, 1.82) is 0 Å². The summed E-state index contributed by atoms with van der Waals surface area (Å²) in [6, 6.07) is 23.4. The fourth-order valence-electron chi connectivity index (χ4n) is 4.68. The predicted octanol–water partition coefficient (Wildman–Crippen LogP) is 7.67. The van der Waals surface area contributed by atoms with Crippen LogP contribution >= 0.6 is 0 Å². The Morgan fingerprint density at radius 3 is 2.00 bits per heavy atom. The Kier molecular flexibility index (Phi) is 5.19. The van der Waals surface area contributed by atoms with E-state index in [-0.39, 0.29) is 0 Å². The number of unbranched alkanes of at least 4 members (excludes halogenated alkanes) is 1. The molecule has 2 N–H and O–H groups in total. The van der Waals surface area contributed by atoms with Crippen LogP contribution in [0.5, 0.6) is 0 Å². The van der Waals surface area contributed by atoms with Crippen LogP contribution in [-0.4, -0.2) is 19.9 Å². The van der Waals surface area contributed by atoms with Crippen LogP contribution in [0.1, 0.15) is 48.1 Å². The SMILES string of the molecule is CCCCc1c(-c2ccccc2)c2cc3nc(cc4nc(cc5ccc(cc1[nH]2)[nH]5)C=C4)C=C3. The summed E-state index contributed by atoms with van der Waals surface area (Å²) in [5, 5.41) is 0. The maximum absolute atomic E-state index is 4.85. The molecule has 5 heterocycles. The van der Waals surface area contributed by atoms with E-state index in [1.54, 1.807) is 0 Å². The zero-order valence-corrected chi connectivity index (χ0v) is 19.2. The molecule has 2 aliphatic heterocycles. The number of fused-ring (bicyclic) bond motifs is 8. The second-order valence-electron chi connectivity index (χ2n) is 8.81. The van der Waals surface area contributed by atoms with Crippen molar-refractivity contribution in [3.63, 3.8) is 0 Å². The van der Waals surface area contributed by atoms with E-state index in [0.29, 0.717) is 0 Å². The molecule has 4 heteroatoms. The van der Waals surface area contributed by atoms with Gasteiger partial charge in [0.2, 0.25) is 0 Å². The summed E-state index contributed by atoms with van der Waals surface area (Å²) < 4.78 is 0. The molecule has 0 amide bonds. The molecule has 6 rings (SSSR count). The molecule has 4 nitrogen and oxygen atoms in total. The van der Waals surface area contributed by atoms with Crippen molar-refractivity contribution < 1.29 is 0 Å². The second kappa shape index (κ2) is 8.64. The molecule has 0 spiro atoms. The highest BCUT2D eigenvalue weighted by Crippen LogP contribution is 2.33. The fraction of sp³-hybridized carbons (Fsp3) is 0.133. The monoisotopic (exact) mass is 442 g/mol. The van der Waals surface area contributed by atoms with E-state index in [1.807, 2.05) is 18.2 Å². The summed E-state index contributed by atoms with van der Waals surface area (Å²) in [7, 11) is 0. The standard InChI is InChI=1S/C30H26N4/c1-2-3-9-27-28-18-25-14-12-23(32-25)16-21-10-11-22(31-21)17-24-13-15-26(33-24)19-29(34-28)30(27)20-7-5-4-6-8-20/h4-8,10-19,32,34H,2-3,9H2,1H3. The molecule has 34 heavy (non-hydrogen) atoms. The Bertz CT molecular complexity index is 1580. The summed E-state index contributed by atoms with van der Waals surface area (Å²) in [5.41, 5.74) is 11.9. The van der Waals surface area contributed by atoms with Crippen LogP contribution < -0.4 is 0 Å². The van der Waals surface area contributed by atoms with Gasteiger partial charge in [0.15, 0.2) is 0 Å². The topological polar surface area (TPSA) is 57.4 Å². The molecule has 166 valence electrons. The first kappa shape index (κ1) is 20.4. The van der Waals surface area contributed by atoms with Crippen molar-refractivity contribution >= 4 is 46.4 Å². The number of hydrogen-bond donors (Lipinski definition) is 2. The van der Waals surface area contributed by atoms with E-state index in [4.69, 9.17) is 9.97 Å². The minimum Gasteiger partial charge on any atom is -0.355 e. The van der Waals surface area contributed by atoms with Gasteiger partial charge in [0, 0.05) is 27.6 Å². The molecule has 0 atom stereocenters. The van der Waals surface area contributed by atoms with Crippen LogP contribution in [0.15, 0.2) is 66.7 Å². The average molecular weight is 443 g/mol. The summed E-state index contributed by atoms with van der Waals surface area (Å²) in [6.07, 6.45) is 11.5. The first-order valence-corrected chi connectivity index (χ1v) is 11.9. The Morgan fingerprint density at radius 2 is 1.29 bits per heavy atom. The Labute approximate surface area is 198 Å². The number of rotatable bonds is 4. The second-order valence-corrected chi connectivity index (χ2v) is 8.81. The van der Waals surface area contributed by atoms with Crippen LogP contribution in [0, 0.1) is 0 Å². The fourth-order valence-corrected chi connectivity index (χ4v) is 4.68. The summed E-state index contributed by atoms with van der Waals surface area (Å²) >= 11 is 0. The van der Waals surface area contributed by atoms with Crippen LogP contribution in [0.4, 0.5) is 0 Å². The lowest BCUT2D eigenvalue weighted by Gasteiger charge is -2.05. The van der Waals surface area contributed by atoms with E-state index in [0.717, 1.165) is 64.1 Å². The largest absolute Gasteiger partial charge is 0.355 e. The van der Waals surface area contributed by atoms with Crippen LogP contribution in [-0.2, 0) is 6.42 Å². The molecule has 0 aliphatic carbocycles. The molecule has 0 saturated heterocycles.